The summed E-state index contributed by atoms with van der Waals surface area (Å²) < 4.78 is 0. The van der Waals surface area contributed by atoms with Crippen molar-refractivity contribution in [2.45, 2.75) is 32.1 Å². The maximum absolute atomic E-state index is 11.3. The van der Waals surface area contributed by atoms with Crippen LogP contribution in [0.3, 0.4) is 0 Å². The molecule has 5 aromatic rings. The number of hydrogen-bond donors (Lipinski definition) is 0. The third-order valence-electron chi connectivity index (χ3n) is 7.87. The smallest absolute Gasteiger partial charge is 0.160 e. The van der Waals surface area contributed by atoms with Crippen LogP contribution in [0.2, 0.25) is 0 Å². The summed E-state index contributed by atoms with van der Waals surface area (Å²) in [4.78, 5) is 15.5. The van der Waals surface area contributed by atoms with Crippen LogP contribution in [0.5, 0.6) is 0 Å². The Hall–Kier alpha value is -3.95. The Kier molecular flexibility index (Phi) is 6.02. The van der Waals surface area contributed by atoms with Gasteiger partial charge in [0, 0.05) is 27.4 Å². The molecule has 0 atom stereocenters. The van der Waals surface area contributed by atoms with Crippen LogP contribution in [0.15, 0.2) is 109 Å². The van der Waals surface area contributed by atoms with Crippen LogP contribution >= 0.6 is 11.3 Å². The van der Waals surface area contributed by atoms with Crippen LogP contribution in [0.25, 0.3) is 21.6 Å². The zero-order valence-corrected chi connectivity index (χ0v) is 22.0. The number of benzene rings is 4. The molecule has 2 nitrogen and oxygen atoms in total. The van der Waals surface area contributed by atoms with Gasteiger partial charge in [-0.2, -0.15) is 0 Å². The van der Waals surface area contributed by atoms with E-state index >= 15 is 0 Å². The van der Waals surface area contributed by atoms with Crippen molar-refractivity contribution in [1.29, 1.82) is 0 Å². The molecule has 182 valence electrons. The van der Waals surface area contributed by atoms with Crippen molar-refractivity contribution in [1.82, 2.24) is 0 Å². The standard InChI is InChI=1S/C34H29NOS/c1-3-34(4-2)31-21-24(33-20-17-28(23-36)37-33)15-18-29(31)30-19-16-27(22-32(30)34)35(25-11-7-5-8-12-25)26-13-9-6-10-14-26/h5-23H,3-4H2,1-2H3. The highest BCUT2D eigenvalue weighted by molar-refractivity contribution is 7.17. The minimum absolute atomic E-state index is 0.0551. The van der Waals surface area contributed by atoms with Gasteiger partial charge in [-0.05, 0) is 95.3 Å². The van der Waals surface area contributed by atoms with Crippen LogP contribution in [-0.2, 0) is 5.41 Å². The highest BCUT2D eigenvalue weighted by Gasteiger charge is 2.41. The summed E-state index contributed by atoms with van der Waals surface area (Å²) in [5.41, 5.74) is 10.0. The number of aldehydes is 1. The number of carbonyl (C=O) groups excluding carboxylic acids is 1. The van der Waals surface area contributed by atoms with E-state index in [-0.39, 0.29) is 5.41 Å². The number of hydrogen-bond acceptors (Lipinski definition) is 3. The van der Waals surface area contributed by atoms with Crippen LogP contribution < -0.4 is 4.90 Å². The first-order valence-corrected chi connectivity index (χ1v) is 13.7. The van der Waals surface area contributed by atoms with Crippen LogP contribution in [-0.4, -0.2) is 6.29 Å². The van der Waals surface area contributed by atoms with Crippen LogP contribution in [0.1, 0.15) is 47.5 Å². The molecule has 1 aromatic heterocycles. The van der Waals surface area contributed by atoms with Gasteiger partial charge >= 0.3 is 0 Å². The summed E-state index contributed by atoms with van der Waals surface area (Å²) in [7, 11) is 0. The van der Waals surface area contributed by atoms with E-state index in [1.54, 1.807) is 11.3 Å². The van der Waals surface area contributed by atoms with Gasteiger partial charge in [-0.3, -0.25) is 4.79 Å². The summed E-state index contributed by atoms with van der Waals surface area (Å²) >= 11 is 1.56. The Labute approximate surface area is 222 Å². The zero-order valence-electron chi connectivity index (χ0n) is 21.1. The van der Waals surface area contributed by atoms with Gasteiger partial charge in [-0.25, -0.2) is 0 Å². The van der Waals surface area contributed by atoms with Gasteiger partial charge < -0.3 is 4.90 Å². The maximum Gasteiger partial charge on any atom is 0.160 e. The molecule has 0 saturated carbocycles. The summed E-state index contributed by atoms with van der Waals surface area (Å²) in [6, 6.07) is 39.0. The normalized spacial score (nSPS) is 13.1. The van der Waals surface area contributed by atoms with Gasteiger partial charge in [0.2, 0.25) is 0 Å². The second-order valence-electron chi connectivity index (χ2n) is 9.61. The minimum Gasteiger partial charge on any atom is -0.310 e. The van der Waals surface area contributed by atoms with Gasteiger partial charge in [0.05, 0.1) is 4.88 Å². The van der Waals surface area contributed by atoms with Crippen molar-refractivity contribution >= 4 is 34.7 Å². The van der Waals surface area contributed by atoms with Gasteiger partial charge in [-0.1, -0.05) is 68.4 Å². The lowest BCUT2D eigenvalue weighted by molar-refractivity contribution is 0.112. The fourth-order valence-corrected chi connectivity index (χ4v) is 6.78. The van der Waals surface area contributed by atoms with E-state index in [0.717, 1.165) is 40.3 Å². The molecule has 1 aliphatic carbocycles. The average molecular weight is 500 g/mol. The largest absolute Gasteiger partial charge is 0.310 e. The Bertz CT molecular complexity index is 1530. The third kappa shape index (κ3) is 3.82. The molecule has 0 unspecified atom stereocenters. The number of nitrogens with zero attached hydrogens (tertiary/aromatic N) is 1. The highest BCUT2D eigenvalue weighted by Crippen LogP contribution is 2.55. The lowest BCUT2D eigenvalue weighted by Crippen LogP contribution is -2.23. The highest BCUT2D eigenvalue weighted by atomic mass is 32.1. The first-order valence-electron chi connectivity index (χ1n) is 12.9. The summed E-state index contributed by atoms with van der Waals surface area (Å²) in [6.07, 6.45) is 2.99. The van der Waals surface area contributed by atoms with Crippen molar-refractivity contribution in [3.05, 3.63) is 125 Å². The van der Waals surface area contributed by atoms with Crippen molar-refractivity contribution in [3.63, 3.8) is 0 Å². The van der Waals surface area contributed by atoms with Crippen molar-refractivity contribution in [2.75, 3.05) is 4.90 Å². The number of anilines is 3. The molecule has 1 heterocycles. The van der Waals surface area contributed by atoms with E-state index in [2.05, 4.69) is 122 Å². The quantitative estimate of drug-likeness (QED) is 0.208. The molecule has 0 amide bonds. The fourth-order valence-electron chi connectivity index (χ4n) is 5.96. The summed E-state index contributed by atoms with van der Waals surface area (Å²) in [5.74, 6) is 0. The SMILES string of the molecule is CCC1(CC)c2cc(-c3ccc(C=O)s3)ccc2-c2ccc(N(c3ccccc3)c3ccccc3)cc21. The molecule has 4 aromatic carbocycles. The van der Waals surface area contributed by atoms with E-state index in [0.29, 0.717) is 0 Å². The Balaban J connectivity index is 1.51. The van der Waals surface area contributed by atoms with E-state index in [1.165, 1.54) is 33.5 Å². The first-order chi connectivity index (χ1) is 18.2. The second kappa shape index (κ2) is 9.49. The average Bonchev–Trinajstić information content (AvgIpc) is 3.55. The Morgan fingerprint density at radius 2 is 1.27 bits per heavy atom. The zero-order chi connectivity index (χ0) is 25.4. The van der Waals surface area contributed by atoms with E-state index < -0.39 is 0 Å². The van der Waals surface area contributed by atoms with Gasteiger partial charge in [-0.15, -0.1) is 11.3 Å². The van der Waals surface area contributed by atoms with Gasteiger partial charge in [0.1, 0.15) is 0 Å². The van der Waals surface area contributed by atoms with Gasteiger partial charge in [0.25, 0.3) is 0 Å². The van der Waals surface area contributed by atoms with E-state index in [9.17, 15) is 4.79 Å². The lowest BCUT2D eigenvalue weighted by atomic mass is 9.73. The van der Waals surface area contributed by atoms with Crippen molar-refractivity contribution < 1.29 is 4.79 Å². The number of thiophene rings is 1. The second-order valence-corrected chi connectivity index (χ2v) is 10.7. The number of fused-ring (bicyclic) bond motifs is 3. The van der Waals surface area contributed by atoms with Gasteiger partial charge in [0.15, 0.2) is 6.29 Å². The fraction of sp³-hybridized carbons (Fsp3) is 0.147. The Morgan fingerprint density at radius 1 is 0.676 bits per heavy atom. The molecular weight excluding hydrogens is 470 g/mol. The van der Waals surface area contributed by atoms with E-state index in [4.69, 9.17) is 0 Å². The molecule has 6 rings (SSSR count). The topological polar surface area (TPSA) is 20.3 Å². The first kappa shape index (κ1) is 23.4. The molecule has 0 radical (unpaired) electrons. The number of carbonyl (C=O) groups is 1. The molecule has 3 heteroatoms. The molecule has 0 bridgehead atoms. The number of rotatable bonds is 7. The predicted molar refractivity (Wildman–Crippen MR) is 157 cm³/mol. The summed E-state index contributed by atoms with van der Waals surface area (Å²) in [5, 5.41) is 0. The van der Waals surface area contributed by atoms with Crippen LogP contribution in [0.4, 0.5) is 17.1 Å². The molecule has 1 aliphatic rings. The lowest BCUT2D eigenvalue weighted by Gasteiger charge is -2.32. The van der Waals surface area contributed by atoms with Crippen molar-refractivity contribution in [2.24, 2.45) is 0 Å². The maximum atomic E-state index is 11.3. The molecule has 0 spiro atoms. The minimum atomic E-state index is -0.0551. The summed E-state index contributed by atoms with van der Waals surface area (Å²) in [6.45, 7) is 4.62. The Morgan fingerprint density at radius 3 is 1.84 bits per heavy atom. The molecule has 0 N–H and O–H groups in total. The van der Waals surface area contributed by atoms with E-state index in [1.807, 2.05) is 6.07 Å². The third-order valence-corrected chi connectivity index (χ3v) is 8.93. The molecule has 37 heavy (non-hydrogen) atoms. The number of para-hydroxylation sites is 2. The van der Waals surface area contributed by atoms with Crippen LogP contribution in [0, 0.1) is 0 Å². The molecular formula is C34H29NOS. The predicted octanol–water partition coefficient (Wildman–Crippen LogP) is 9.78. The molecule has 0 aliphatic heterocycles. The van der Waals surface area contributed by atoms with Crippen molar-refractivity contribution in [3.8, 4) is 21.6 Å². The molecule has 0 saturated heterocycles. The molecule has 0 fully saturated rings. The monoisotopic (exact) mass is 499 g/mol.